The molecule has 70 valence electrons. The van der Waals surface area contributed by atoms with Gasteiger partial charge in [-0.1, -0.05) is 0 Å². The van der Waals surface area contributed by atoms with E-state index in [-0.39, 0.29) is 0 Å². The van der Waals surface area contributed by atoms with Crippen molar-refractivity contribution in [1.82, 2.24) is 10.2 Å². The molecule has 0 aliphatic carbocycles. The molecule has 0 aromatic heterocycles. The zero-order chi connectivity index (χ0) is 8.39. The lowest BCUT2D eigenvalue weighted by molar-refractivity contribution is 0.191. The summed E-state index contributed by atoms with van der Waals surface area (Å²) in [5.74, 6) is 1.38. The molecular formula is C9H18N2S. The molecule has 0 amide bonds. The predicted octanol–water partition coefficient (Wildman–Crippen LogP) is 1.13. The molecule has 2 aliphatic rings. The maximum absolute atomic E-state index is 3.48. The highest BCUT2D eigenvalue weighted by molar-refractivity contribution is 8.00. The van der Waals surface area contributed by atoms with E-state index in [1.165, 1.54) is 38.2 Å². The van der Waals surface area contributed by atoms with Crippen molar-refractivity contribution in [2.24, 2.45) is 0 Å². The van der Waals surface area contributed by atoms with E-state index in [4.69, 9.17) is 0 Å². The van der Waals surface area contributed by atoms with Crippen LogP contribution in [0.4, 0.5) is 0 Å². The lowest BCUT2D eigenvalue weighted by atomic mass is 10.2. The van der Waals surface area contributed by atoms with Gasteiger partial charge < -0.3 is 5.32 Å². The first-order chi connectivity index (χ1) is 5.86. The third-order valence-electron chi connectivity index (χ3n) is 2.71. The fourth-order valence-electron chi connectivity index (χ4n) is 2.07. The Labute approximate surface area is 79.1 Å². The highest BCUT2D eigenvalue weighted by Crippen LogP contribution is 2.29. The number of nitrogens with zero attached hydrogens (tertiary/aromatic N) is 1. The van der Waals surface area contributed by atoms with Gasteiger partial charge in [-0.2, -0.15) is 0 Å². The molecule has 0 aromatic carbocycles. The summed E-state index contributed by atoms with van der Waals surface area (Å²) in [5.41, 5.74) is 0. The maximum atomic E-state index is 3.48. The van der Waals surface area contributed by atoms with Crippen molar-refractivity contribution in [1.29, 1.82) is 0 Å². The first-order valence-electron chi connectivity index (χ1n) is 4.95. The Morgan fingerprint density at radius 1 is 1.50 bits per heavy atom. The van der Waals surface area contributed by atoms with E-state index in [9.17, 15) is 0 Å². The van der Waals surface area contributed by atoms with Gasteiger partial charge in [0.1, 0.15) is 0 Å². The number of rotatable bonds is 1. The van der Waals surface area contributed by atoms with Crippen LogP contribution in [0.5, 0.6) is 0 Å². The molecule has 2 atom stereocenters. The molecule has 3 heteroatoms. The van der Waals surface area contributed by atoms with Crippen LogP contribution in [0.1, 0.15) is 19.8 Å². The van der Waals surface area contributed by atoms with E-state index in [1.54, 1.807) is 0 Å². The maximum Gasteiger partial charge on any atom is 0.0558 e. The van der Waals surface area contributed by atoms with Gasteiger partial charge in [0.05, 0.1) is 5.37 Å². The minimum atomic E-state index is 0.694. The molecule has 2 rings (SSSR count). The standard InChI is InChI=1S/C9H18N2S/c1-8-7-11(5-4-10-8)9-3-2-6-12-9/h8-10H,2-7H2,1H3. The second-order valence-corrected chi connectivity index (χ2v) is 5.10. The Bertz CT molecular complexity index is 145. The summed E-state index contributed by atoms with van der Waals surface area (Å²) < 4.78 is 0. The summed E-state index contributed by atoms with van der Waals surface area (Å²) in [4.78, 5) is 2.65. The molecule has 2 nitrogen and oxygen atoms in total. The number of thioether (sulfide) groups is 1. The smallest absolute Gasteiger partial charge is 0.0558 e. The van der Waals surface area contributed by atoms with E-state index in [2.05, 4.69) is 28.9 Å². The number of hydrogen-bond donors (Lipinski definition) is 1. The number of hydrogen-bond acceptors (Lipinski definition) is 3. The largest absolute Gasteiger partial charge is 0.312 e. The summed E-state index contributed by atoms with van der Waals surface area (Å²) >= 11 is 2.15. The number of nitrogens with one attached hydrogen (secondary N) is 1. The van der Waals surface area contributed by atoms with Crippen LogP contribution in [0.2, 0.25) is 0 Å². The Hall–Kier alpha value is 0.270. The molecule has 12 heavy (non-hydrogen) atoms. The highest BCUT2D eigenvalue weighted by Gasteiger charge is 2.26. The van der Waals surface area contributed by atoms with Crippen LogP contribution in [0, 0.1) is 0 Å². The molecule has 0 saturated carbocycles. The molecule has 2 unspecified atom stereocenters. The molecule has 0 bridgehead atoms. The Morgan fingerprint density at radius 3 is 3.08 bits per heavy atom. The fraction of sp³-hybridized carbons (Fsp3) is 1.00. The van der Waals surface area contributed by atoms with E-state index < -0.39 is 0 Å². The van der Waals surface area contributed by atoms with Crippen molar-refractivity contribution in [3.05, 3.63) is 0 Å². The molecule has 1 N–H and O–H groups in total. The second kappa shape index (κ2) is 3.99. The molecule has 0 spiro atoms. The minimum Gasteiger partial charge on any atom is -0.312 e. The van der Waals surface area contributed by atoms with Gasteiger partial charge in [0, 0.05) is 25.7 Å². The molecule has 0 aromatic rings. The van der Waals surface area contributed by atoms with Crippen molar-refractivity contribution < 1.29 is 0 Å². The summed E-state index contributed by atoms with van der Waals surface area (Å²) in [7, 11) is 0. The van der Waals surface area contributed by atoms with Gasteiger partial charge in [-0.15, -0.1) is 11.8 Å². The third kappa shape index (κ3) is 1.95. The van der Waals surface area contributed by atoms with Crippen molar-refractivity contribution in [2.45, 2.75) is 31.2 Å². The first-order valence-corrected chi connectivity index (χ1v) is 6.00. The SMILES string of the molecule is CC1CN(C2CCCS2)CCN1. The van der Waals surface area contributed by atoms with Crippen LogP contribution in [-0.2, 0) is 0 Å². The zero-order valence-electron chi connectivity index (χ0n) is 7.75. The van der Waals surface area contributed by atoms with Crippen LogP contribution >= 0.6 is 11.8 Å². The number of piperazine rings is 1. The molecule has 2 aliphatic heterocycles. The molecule has 2 saturated heterocycles. The third-order valence-corrected chi connectivity index (χ3v) is 4.16. The van der Waals surface area contributed by atoms with Gasteiger partial charge in [0.25, 0.3) is 0 Å². The second-order valence-electron chi connectivity index (χ2n) is 3.82. The van der Waals surface area contributed by atoms with Gasteiger partial charge in [-0.3, -0.25) is 4.90 Å². The molecular weight excluding hydrogens is 168 g/mol. The van der Waals surface area contributed by atoms with Crippen LogP contribution in [0.25, 0.3) is 0 Å². The topological polar surface area (TPSA) is 15.3 Å². The lowest BCUT2D eigenvalue weighted by Gasteiger charge is -2.35. The zero-order valence-corrected chi connectivity index (χ0v) is 8.57. The van der Waals surface area contributed by atoms with Crippen molar-refractivity contribution in [2.75, 3.05) is 25.4 Å². The van der Waals surface area contributed by atoms with Gasteiger partial charge in [-0.05, 0) is 25.5 Å². The van der Waals surface area contributed by atoms with Crippen LogP contribution in [0.3, 0.4) is 0 Å². The predicted molar refractivity (Wildman–Crippen MR) is 54.5 cm³/mol. The minimum absolute atomic E-state index is 0.694. The first kappa shape index (κ1) is 8.85. The summed E-state index contributed by atoms with van der Waals surface area (Å²) in [6, 6.07) is 0.694. The van der Waals surface area contributed by atoms with E-state index >= 15 is 0 Å². The summed E-state index contributed by atoms with van der Waals surface area (Å²) in [6.07, 6.45) is 2.84. The average Bonchev–Trinajstić information content (AvgIpc) is 2.56. The average molecular weight is 186 g/mol. The Kier molecular flexibility index (Phi) is 2.94. The van der Waals surface area contributed by atoms with Crippen molar-refractivity contribution in [3.63, 3.8) is 0 Å². The van der Waals surface area contributed by atoms with Gasteiger partial charge >= 0.3 is 0 Å². The Balaban J connectivity index is 1.85. The van der Waals surface area contributed by atoms with Crippen molar-refractivity contribution >= 4 is 11.8 Å². The van der Waals surface area contributed by atoms with Crippen LogP contribution < -0.4 is 5.32 Å². The molecule has 2 heterocycles. The lowest BCUT2D eigenvalue weighted by Crippen LogP contribution is -2.51. The summed E-state index contributed by atoms with van der Waals surface area (Å²) in [6.45, 7) is 5.96. The van der Waals surface area contributed by atoms with Gasteiger partial charge in [0.15, 0.2) is 0 Å². The molecule has 2 fully saturated rings. The fourth-order valence-corrected chi connectivity index (χ4v) is 3.41. The quantitative estimate of drug-likeness (QED) is 0.661. The van der Waals surface area contributed by atoms with Gasteiger partial charge in [-0.25, -0.2) is 0 Å². The highest BCUT2D eigenvalue weighted by atomic mass is 32.2. The van der Waals surface area contributed by atoms with E-state index in [0.29, 0.717) is 6.04 Å². The van der Waals surface area contributed by atoms with Crippen LogP contribution in [-0.4, -0.2) is 41.7 Å². The van der Waals surface area contributed by atoms with E-state index in [1.807, 2.05) is 0 Å². The van der Waals surface area contributed by atoms with Crippen LogP contribution in [0.15, 0.2) is 0 Å². The monoisotopic (exact) mass is 186 g/mol. The van der Waals surface area contributed by atoms with Gasteiger partial charge in [0.2, 0.25) is 0 Å². The molecule has 0 radical (unpaired) electrons. The normalized spacial score (nSPS) is 38.8. The van der Waals surface area contributed by atoms with Crippen molar-refractivity contribution in [3.8, 4) is 0 Å². The Morgan fingerprint density at radius 2 is 2.42 bits per heavy atom. The van der Waals surface area contributed by atoms with E-state index in [0.717, 1.165) is 5.37 Å². The summed E-state index contributed by atoms with van der Waals surface area (Å²) in [5, 5.41) is 4.33.